The van der Waals surface area contributed by atoms with Crippen molar-refractivity contribution in [2.75, 3.05) is 18.0 Å². The van der Waals surface area contributed by atoms with Crippen LogP contribution in [-0.4, -0.2) is 31.3 Å². The second-order valence-electron chi connectivity index (χ2n) is 7.58. The van der Waals surface area contributed by atoms with Crippen LogP contribution >= 0.6 is 0 Å². The van der Waals surface area contributed by atoms with Crippen molar-refractivity contribution >= 4 is 17.8 Å². The Hall–Kier alpha value is -2.24. The molecule has 0 aromatic heterocycles. The van der Waals surface area contributed by atoms with Gasteiger partial charge in [0.1, 0.15) is 6.10 Å². The Morgan fingerprint density at radius 1 is 1.32 bits per heavy atom. The van der Waals surface area contributed by atoms with Crippen molar-refractivity contribution in [3.8, 4) is 0 Å². The first-order valence-electron chi connectivity index (χ1n) is 8.93. The highest BCUT2D eigenvalue weighted by molar-refractivity contribution is 5.90. The molecule has 136 valence electrons. The molecule has 1 aromatic rings. The number of carbonyl (C=O) groups is 2. The maximum absolute atomic E-state index is 12.2. The van der Waals surface area contributed by atoms with Gasteiger partial charge in [0.05, 0.1) is 13.1 Å². The highest BCUT2D eigenvalue weighted by atomic mass is 16.6. The summed E-state index contributed by atoms with van der Waals surface area (Å²) in [6, 6.07) is 3.55. The van der Waals surface area contributed by atoms with Gasteiger partial charge in [0, 0.05) is 5.69 Å². The summed E-state index contributed by atoms with van der Waals surface area (Å²) in [4.78, 5) is 24.7. The lowest BCUT2D eigenvalue weighted by atomic mass is 9.76. The molecule has 1 aliphatic carbocycles. The molecular weight excluding hydrogens is 318 g/mol. The maximum atomic E-state index is 12.2. The molecule has 1 atom stereocenters. The number of aryl methyl sites for hydroxylation is 2. The van der Waals surface area contributed by atoms with Crippen molar-refractivity contribution in [2.45, 2.75) is 58.0 Å². The number of hydrogen-bond donors (Lipinski definition) is 2. The summed E-state index contributed by atoms with van der Waals surface area (Å²) in [7, 11) is 0. The first-order valence-corrected chi connectivity index (χ1v) is 8.93. The van der Waals surface area contributed by atoms with Crippen molar-refractivity contribution in [1.29, 1.82) is 0 Å². The second kappa shape index (κ2) is 6.58. The van der Waals surface area contributed by atoms with Gasteiger partial charge in [0.2, 0.25) is 0 Å². The van der Waals surface area contributed by atoms with Gasteiger partial charge in [-0.25, -0.2) is 9.59 Å². The number of nitrogens with two attached hydrogens (primary N) is 1. The molecule has 3 N–H and O–H groups in total. The maximum Gasteiger partial charge on any atom is 0.414 e. The summed E-state index contributed by atoms with van der Waals surface area (Å²) in [6.07, 6.45) is 4.25. The summed E-state index contributed by atoms with van der Waals surface area (Å²) in [5, 5.41) is 2.49. The van der Waals surface area contributed by atoms with Crippen LogP contribution in [-0.2, 0) is 10.2 Å². The van der Waals surface area contributed by atoms with Gasteiger partial charge >= 0.3 is 12.1 Å². The van der Waals surface area contributed by atoms with E-state index in [1.807, 2.05) is 0 Å². The molecule has 25 heavy (non-hydrogen) atoms. The minimum Gasteiger partial charge on any atom is -0.442 e. The molecule has 0 radical (unpaired) electrons. The fourth-order valence-corrected chi connectivity index (χ4v) is 4.51. The lowest BCUT2D eigenvalue weighted by Gasteiger charge is -2.29. The Morgan fingerprint density at radius 3 is 2.48 bits per heavy atom. The standard InChI is InChI=1S/C19H27N3O3/c1-12-8-14(9-13(2)16(12)19(3)6-4-5-7-19)22-11-15(25-18(22)24)10-21-17(20)23/h8-9,15H,4-7,10-11H2,1-3H3,(H3,20,21,23). The zero-order valence-electron chi connectivity index (χ0n) is 15.2. The average Bonchev–Trinajstić information content (AvgIpc) is 3.11. The molecule has 1 saturated carbocycles. The van der Waals surface area contributed by atoms with Gasteiger partial charge in [-0.2, -0.15) is 0 Å². The number of cyclic esters (lactones) is 1. The lowest BCUT2D eigenvalue weighted by molar-refractivity contribution is 0.141. The van der Waals surface area contributed by atoms with E-state index in [4.69, 9.17) is 10.5 Å². The normalized spacial score (nSPS) is 22.1. The molecule has 1 aromatic carbocycles. The molecule has 0 spiro atoms. The molecule has 1 heterocycles. The summed E-state index contributed by atoms with van der Waals surface area (Å²) in [5.74, 6) is 0. The predicted octanol–water partition coefficient (Wildman–Crippen LogP) is 3.13. The van der Waals surface area contributed by atoms with Crippen LogP contribution in [0.2, 0.25) is 0 Å². The largest absolute Gasteiger partial charge is 0.442 e. The average molecular weight is 345 g/mol. The first kappa shape index (κ1) is 17.6. The summed E-state index contributed by atoms with van der Waals surface area (Å²) in [5.41, 5.74) is 10.1. The first-order chi connectivity index (χ1) is 11.8. The molecule has 1 saturated heterocycles. The van der Waals surface area contributed by atoms with Crippen LogP contribution in [0.1, 0.15) is 49.3 Å². The Bertz CT molecular complexity index is 672. The topological polar surface area (TPSA) is 84.7 Å². The van der Waals surface area contributed by atoms with Crippen LogP contribution in [0.4, 0.5) is 15.3 Å². The van der Waals surface area contributed by atoms with E-state index in [1.54, 1.807) is 4.90 Å². The summed E-state index contributed by atoms with van der Waals surface area (Å²) >= 11 is 0. The van der Waals surface area contributed by atoms with Crippen molar-refractivity contribution in [3.05, 3.63) is 28.8 Å². The third-order valence-electron chi connectivity index (χ3n) is 5.52. The summed E-state index contributed by atoms with van der Waals surface area (Å²) in [6.45, 7) is 7.25. The molecule has 1 aliphatic heterocycles. The lowest BCUT2D eigenvalue weighted by Crippen LogP contribution is -2.37. The molecular formula is C19H27N3O3. The van der Waals surface area contributed by atoms with Gasteiger partial charge in [0.15, 0.2) is 0 Å². The molecule has 2 fully saturated rings. The molecule has 2 aliphatic rings. The minimum absolute atomic E-state index is 0.228. The number of nitrogens with one attached hydrogen (secondary N) is 1. The number of rotatable bonds is 4. The van der Waals surface area contributed by atoms with E-state index in [-0.39, 0.29) is 24.2 Å². The van der Waals surface area contributed by atoms with E-state index < -0.39 is 6.03 Å². The number of ether oxygens (including phenoxy) is 1. The Morgan fingerprint density at radius 2 is 1.92 bits per heavy atom. The monoisotopic (exact) mass is 345 g/mol. The van der Waals surface area contributed by atoms with Crippen LogP contribution < -0.4 is 16.0 Å². The SMILES string of the molecule is Cc1cc(N2CC(CNC(N)=O)OC2=O)cc(C)c1C1(C)CCCC1. The number of amides is 3. The third-order valence-corrected chi connectivity index (χ3v) is 5.52. The van der Waals surface area contributed by atoms with E-state index in [9.17, 15) is 9.59 Å². The fourth-order valence-electron chi connectivity index (χ4n) is 4.51. The number of primary amides is 1. The molecule has 3 amide bonds. The molecule has 6 heteroatoms. The van der Waals surface area contributed by atoms with E-state index in [0.29, 0.717) is 6.54 Å². The third kappa shape index (κ3) is 3.43. The van der Waals surface area contributed by atoms with E-state index in [1.165, 1.54) is 42.4 Å². The quantitative estimate of drug-likeness (QED) is 0.879. The fraction of sp³-hybridized carbons (Fsp3) is 0.579. The van der Waals surface area contributed by atoms with Gasteiger partial charge in [0.25, 0.3) is 0 Å². The minimum atomic E-state index is -0.615. The number of carbonyl (C=O) groups excluding carboxylic acids is 2. The Kier molecular flexibility index (Phi) is 4.62. The van der Waals surface area contributed by atoms with Gasteiger partial charge in [-0.3, -0.25) is 4.90 Å². The number of anilines is 1. The van der Waals surface area contributed by atoms with Gasteiger partial charge in [-0.05, 0) is 60.9 Å². The Labute approximate surface area is 148 Å². The van der Waals surface area contributed by atoms with E-state index >= 15 is 0 Å². The Balaban J connectivity index is 1.82. The van der Waals surface area contributed by atoms with Crippen molar-refractivity contribution in [1.82, 2.24) is 5.32 Å². The molecule has 0 bridgehead atoms. The summed E-state index contributed by atoms with van der Waals surface area (Å²) < 4.78 is 5.33. The smallest absolute Gasteiger partial charge is 0.414 e. The van der Waals surface area contributed by atoms with Crippen LogP contribution in [0.25, 0.3) is 0 Å². The van der Waals surface area contributed by atoms with Crippen molar-refractivity contribution in [3.63, 3.8) is 0 Å². The van der Waals surface area contributed by atoms with Crippen LogP contribution in [0.15, 0.2) is 12.1 Å². The highest BCUT2D eigenvalue weighted by Crippen LogP contribution is 2.44. The highest BCUT2D eigenvalue weighted by Gasteiger charge is 2.36. The van der Waals surface area contributed by atoms with Crippen LogP contribution in [0.5, 0.6) is 0 Å². The van der Waals surface area contributed by atoms with E-state index in [0.717, 1.165) is 5.69 Å². The van der Waals surface area contributed by atoms with Crippen LogP contribution in [0, 0.1) is 13.8 Å². The second-order valence-corrected chi connectivity index (χ2v) is 7.58. The van der Waals surface area contributed by atoms with Gasteiger partial charge in [-0.1, -0.05) is 19.8 Å². The van der Waals surface area contributed by atoms with Gasteiger partial charge in [-0.15, -0.1) is 0 Å². The molecule has 6 nitrogen and oxygen atoms in total. The zero-order valence-corrected chi connectivity index (χ0v) is 15.2. The molecule has 1 unspecified atom stereocenters. The number of benzene rings is 1. The molecule has 3 rings (SSSR count). The predicted molar refractivity (Wildman–Crippen MR) is 96.9 cm³/mol. The number of hydrogen-bond acceptors (Lipinski definition) is 3. The van der Waals surface area contributed by atoms with Crippen molar-refractivity contribution in [2.24, 2.45) is 5.73 Å². The number of nitrogens with zero attached hydrogens (tertiary/aromatic N) is 1. The number of urea groups is 1. The van der Waals surface area contributed by atoms with E-state index in [2.05, 4.69) is 38.2 Å². The van der Waals surface area contributed by atoms with Crippen molar-refractivity contribution < 1.29 is 14.3 Å². The van der Waals surface area contributed by atoms with Gasteiger partial charge < -0.3 is 15.8 Å². The van der Waals surface area contributed by atoms with Crippen LogP contribution in [0.3, 0.4) is 0 Å². The zero-order chi connectivity index (χ0) is 18.2.